The van der Waals surface area contributed by atoms with Gasteiger partial charge in [0.1, 0.15) is 6.07 Å². The van der Waals surface area contributed by atoms with Gasteiger partial charge in [-0.2, -0.15) is 21.1 Å². The van der Waals surface area contributed by atoms with Crippen molar-refractivity contribution in [3.8, 4) is 12.3 Å². The standard InChI is InChI=1S/C3H4N6/c4-1-3-6-7-8-9(3)2-5/h3,6-8H. The van der Waals surface area contributed by atoms with Crippen LogP contribution in [0.25, 0.3) is 0 Å². The van der Waals surface area contributed by atoms with E-state index in [-0.39, 0.29) is 0 Å². The maximum Gasteiger partial charge on any atom is 0.208 e. The van der Waals surface area contributed by atoms with Crippen molar-refractivity contribution < 1.29 is 0 Å². The third-order valence-corrected chi connectivity index (χ3v) is 0.873. The molecule has 0 spiro atoms. The molecule has 0 aromatic heterocycles. The number of hydrogen-bond donors (Lipinski definition) is 3. The molecule has 1 rings (SSSR count). The molecule has 9 heavy (non-hydrogen) atoms. The Labute approximate surface area is 51.6 Å². The van der Waals surface area contributed by atoms with E-state index in [0.717, 1.165) is 5.01 Å². The molecular weight excluding hydrogens is 120 g/mol. The highest BCUT2D eigenvalue weighted by molar-refractivity contribution is 4.93. The average Bonchev–Trinajstić information content (AvgIpc) is 2.33. The minimum atomic E-state index is -0.616. The summed E-state index contributed by atoms with van der Waals surface area (Å²) in [6.07, 6.45) is 1.12. The first-order valence-electron chi connectivity index (χ1n) is 2.23. The summed E-state index contributed by atoms with van der Waals surface area (Å²) in [7, 11) is 0. The summed E-state index contributed by atoms with van der Waals surface area (Å²) < 4.78 is 0. The summed E-state index contributed by atoms with van der Waals surface area (Å²) >= 11 is 0. The molecule has 6 nitrogen and oxygen atoms in total. The van der Waals surface area contributed by atoms with Crippen LogP contribution in [-0.2, 0) is 0 Å². The summed E-state index contributed by atoms with van der Waals surface area (Å²) in [6.45, 7) is 0. The lowest BCUT2D eigenvalue weighted by Gasteiger charge is -2.05. The summed E-state index contributed by atoms with van der Waals surface area (Å²) in [6, 6.07) is 1.83. The predicted octanol–water partition coefficient (Wildman–Crippen LogP) is -1.85. The SMILES string of the molecule is N#CC1NNNN1C#N. The number of hydrazine groups is 3. The Morgan fingerprint density at radius 1 is 1.44 bits per heavy atom. The van der Waals surface area contributed by atoms with E-state index in [4.69, 9.17) is 10.5 Å². The van der Waals surface area contributed by atoms with E-state index in [1.165, 1.54) is 0 Å². The van der Waals surface area contributed by atoms with Crippen molar-refractivity contribution in [3.63, 3.8) is 0 Å². The van der Waals surface area contributed by atoms with Crippen LogP contribution >= 0.6 is 0 Å². The second-order valence-corrected chi connectivity index (χ2v) is 1.38. The summed E-state index contributed by atoms with van der Waals surface area (Å²) in [4.78, 5) is 0. The summed E-state index contributed by atoms with van der Waals surface area (Å²) in [5.74, 6) is 0. The Morgan fingerprint density at radius 3 is 2.67 bits per heavy atom. The Balaban J connectivity index is 2.57. The average molecular weight is 124 g/mol. The molecule has 1 atom stereocenters. The highest BCUT2D eigenvalue weighted by Crippen LogP contribution is 1.88. The van der Waals surface area contributed by atoms with Gasteiger partial charge in [-0.1, -0.05) is 0 Å². The minimum Gasteiger partial charge on any atom is -0.206 e. The fourth-order valence-electron chi connectivity index (χ4n) is 0.463. The Morgan fingerprint density at radius 2 is 2.22 bits per heavy atom. The highest BCUT2D eigenvalue weighted by Gasteiger charge is 2.20. The largest absolute Gasteiger partial charge is 0.208 e. The molecule has 3 N–H and O–H groups in total. The molecule has 46 valence electrons. The topological polar surface area (TPSA) is 86.9 Å². The van der Waals surface area contributed by atoms with Crippen LogP contribution in [0.4, 0.5) is 0 Å². The molecule has 0 amide bonds. The Kier molecular flexibility index (Phi) is 1.47. The maximum absolute atomic E-state index is 8.28. The fraction of sp³-hybridized carbons (Fsp3) is 0.333. The van der Waals surface area contributed by atoms with Gasteiger partial charge in [-0.3, -0.25) is 0 Å². The number of nitrogens with one attached hydrogen (secondary N) is 3. The zero-order valence-corrected chi connectivity index (χ0v) is 4.42. The van der Waals surface area contributed by atoms with E-state index in [1.807, 2.05) is 6.07 Å². The van der Waals surface area contributed by atoms with Crippen LogP contribution in [0.3, 0.4) is 0 Å². The summed E-state index contributed by atoms with van der Waals surface area (Å²) in [5, 5.41) is 17.6. The fourth-order valence-corrected chi connectivity index (χ4v) is 0.463. The molecule has 1 aliphatic rings. The second-order valence-electron chi connectivity index (χ2n) is 1.38. The molecule has 1 aliphatic heterocycles. The molecule has 1 saturated heterocycles. The van der Waals surface area contributed by atoms with Crippen LogP contribution in [0.1, 0.15) is 0 Å². The van der Waals surface area contributed by atoms with Gasteiger partial charge in [0.05, 0.1) is 0 Å². The molecular formula is C3H4N6. The van der Waals surface area contributed by atoms with E-state index < -0.39 is 6.17 Å². The van der Waals surface area contributed by atoms with Crippen molar-refractivity contribution in [2.24, 2.45) is 0 Å². The van der Waals surface area contributed by atoms with Crippen LogP contribution in [0.2, 0.25) is 0 Å². The smallest absolute Gasteiger partial charge is 0.206 e. The van der Waals surface area contributed by atoms with Gasteiger partial charge < -0.3 is 0 Å². The third kappa shape index (κ3) is 0.902. The van der Waals surface area contributed by atoms with Gasteiger partial charge in [0.25, 0.3) is 0 Å². The lowest BCUT2D eigenvalue weighted by molar-refractivity contribution is 0.310. The molecule has 1 heterocycles. The first kappa shape index (κ1) is 5.79. The van der Waals surface area contributed by atoms with Gasteiger partial charge >= 0.3 is 0 Å². The van der Waals surface area contributed by atoms with E-state index in [9.17, 15) is 0 Å². The monoisotopic (exact) mass is 124 g/mol. The summed E-state index contributed by atoms with van der Waals surface area (Å²) in [5.41, 5.74) is 7.29. The first-order chi connectivity index (χ1) is 4.38. The van der Waals surface area contributed by atoms with Gasteiger partial charge in [0.15, 0.2) is 6.19 Å². The molecule has 1 unspecified atom stereocenters. The molecule has 0 radical (unpaired) electrons. The molecule has 0 aliphatic carbocycles. The normalized spacial score (nSPS) is 25.1. The molecule has 0 bridgehead atoms. The zero-order valence-electron chi connectivity index (χ0n) is 4.42. The van der Waals surface area contributed by atoms with Gasteiger partial charge in [-0.05, 0) is 0 Å². The Hall–Kier alpha value is -1.34. The third-order valence-electron chi connectivity index (χ3n) is 0.873. The first-order valence-corrected chi connectivity index (χ1v) is 2.23. The van der Waals surface area contributed by atoms with Crippen molar-refractivity contribution in [1.82, 2.24) is 21.5 Å². The molecule has 0 aromatic rings. The van der Waals surface area contributed by atoms with Crippen molar-refractivity contribution in [2.45, 2.75) is 6.17 Å². The van der Waals surface area contributed by atoms with Gasteiger partial charge in [0, 0.05) is 0 Å². The number of hydrogen-bond acceptors (Lipinski definition) is 6. The number of nitrogens with zero attached hydrogens (tertiary/aromatic N) is 3. The van der Waals surface area contributed by atoms with E-state index in [0.29, 0.717) is 0 Å². The van der Waals surface area contributed by atoms with E-state index >= 15 is 0 Å². The quantitative estimate of drug-likeness (QED) is 0.328. The van der Waals surface area contributed by atoms with Crippen molar-refractivity contribution in [2.75, 3.05) is 0 Å². The van der Waals surface area contributed by atoms with E-state index in [2.05, 4.69) is 16.5 Å². The van der Waals surface area contributed by atoms with Crippen molar-refractivity contribution >= 4 is 0 Å². The molecule has 0 aromatic carbocycles. The number of nitriles is 2. The Bertz CT molecular complexity index is 154. The molecule has 6 heteroatoms. The van der Waals surface area contributed by atoms with Gasteiger partial charge in [-0.15, -0.1) is 5.53 Å². The predicted molar refractivity (Wildman–Crippen MR) is 26.3 cm³/mol. The highest BCUT2D eigenvalue weighted by atomic mass is 15.9. The number of rotatable bonds is 0. The van der Waals surface area contributed by atoms with Crippen LogP contribution in [-0.4, -0.2) is 11.2 Å². The van der Waals surface area contributed by atoms with Crippen LogP contribution in [0.5, 0.6) is 0 Å². The molecule has 0 saturated carbocycles. The lowest BCUT2D eigenvalue weighted by Crippen LogP contribution is -2.34. The maximum atomic E-state index is 8.28. The second kappa shape index (κ2) is 2.29. The van der Waals surface area contributed by atoms with Crippen molar-refractivity contribution in [3.05, 3.63) is 0 Å². The van der Waals surface area contributed by atoms with Gasteiger partial charge in [0.2, 0.25) is 6.17 Å². The van der Waals surface area contributed by atoms with Crippen molar-refractivity contribution in [1.29, 1.82) is 10.5 Å². The zero-order chi connectivity index (χ0) is 6.69. The van der Waals surface area contributed by atoms with E-state index in [1.54, 1.807) is 6.19 Å². The molecule has 1 fully saturated rings. The van der Waals surface area contributed by atoms with Crippen LogP contribution in [0.15, 0.2) is 0 Å². The lowest BCUT2D eigenvalue weighted by atomic mass is 10.6. The van der Waals surface area contributed by atoms with Crippen LogP contribution < -0.4 is 16.5 Å². The van der Waals surface area contributed by atoms with Gasteiger partial charge in [-0.25, -0.2) is 5.43 Å². The minimum absolute atomic E-state index is 0.616. The van der Waals surface area contributed by atoms with Crippen LogP contribution in [0, 0.1) is 22.8 Å².